The maximum absolute atomic E-state index is 12.9. The van der Waals surface area contributed by atoms with Crippen LogP contribution < -0.4 is 0 Å². The van der Waals surface area contributed by atoms with Gasteiger partial charge in [0.1, 0.15) is 13.2 Å². The van der Waals surface area contributed by atoms with Crippen LogP contribution in [0, 0.1) is 0 Å². The Labute approximate surface area is 489 Å². The zero-order chi connectivity index (χ0) is 57.1. The first kappa shape index (κ1) is 75.3. The van der Waals surface area contributed by atoms with E-state index in [1.165, 1.54) is 186 Å². The monoisotopic (exact) mass is 1100 g/mol. The van der Waals surface area contributed by atoms with Crippen LogP contribution in [-0.2, 0) is 28.6 Å². The van der Waals surface area contributed by atoms with Crippen molar-refractivity contribution in [3.63, 3.8) is 0 Å². The number of hydrogen-bond acceptors (Lipinski definition) is 6. The molecule has 0 heterocycles. The van der Waals surface area contributed by atoms with Crippen LogP contribution in [0.1, 0.15) is 329 Å². The Bertz CT molecular complexity index is 1540. The molecular weight excluding hydrogens is 973 g/mol. The van der Waals surface area contributed by atoms with Gasteiger partial charge >= 0.3 is 17.9 Å². The maximum Gasteiger partial charge on any atom is 0.306 e. The van der Waals surface area contributed by atoms with Crippen LogP contribution in [0.25, 0.3) is 0 Å². The first-order chi connectivity index (χ1) is 39.0. The smallest absolute Gasteiger partial charge is 0.306 e. The van der Waals surface area contributed by atoms with Gasteiger partial charge in [0, 0.05) is 19.3 Å². The quantitative estimate of drug-likeness (QED) is 0.0261. The van der Waals surface area contributed by atoms with Gasteiger partial charge < -0.3 is 14.2 Å². The van der Waals surface area contributed by atoms with Crippen molar-refractivity contribution in [2.24, 2.45) is 0 Å². The summed E-state index contributed by atoms with van der Waals surface area (Å²) in [5.41, 5.74) is 0. The average molecular weight is 1100 g/mol. The van der Waals surface area contributed by atoms with E-state index in [9.17, 15) is 14.4 Å². The molecule has 0 amide bonds. The molecule has 0 N–H and O–H groups in total. The Balaban J connectivity index is 4.31. The number of esters is 3. The topological polar surface area (TPSA) is 78.9 Å². The van der Waals surface area contributed by atoms with Crippen molar-refractivity contribution >= 4 is 17.9 Å². The highest BCUT2D eigenvalue weighted by atomic mass is 16.6. The summed E-state index contributed by atoms with van der Waals surface area (Å²) in [6, 6.07) is 0. The fourth-order valence-corrected chi connectivity index (χ4v) is 9.50. The zero-order valence-corrected chi connectivity index (χ0v) is 52.1. The molecule has 1 atom stereocenters. The predicted molar refractivity (Wildman–Crippen MR) is 344 cm³/mol. The molecule has 0 fully saturated rings. The summed E-state index contributed by atoms with van der Waals surface area (Å²) in [4.78, 5) is 38.4. The van der Waals surface area contributed by atoms with Crippen molar-refractivity contribution in [3.05, 3.63) is 97.2 Å². The largest absolute Gasteiger partial charge is 0.462 e. The predicted octanol–water partition coefficient (Wildman–Crippen LogP) is 23.2. The van der Waals surface area contributed by atoms with Gasteiger partial charge in [-0.2, -0.15) is 0 Å². The molecule has 0 radical (unpaired) electrons. The molecular formula is C73H126O6. The Morgan fingerprint density at radius 3 is 0.785 bits per heavy atom. The molecule has 6 nitrogen and oxygen atoms in total. The van der Waals surface area contributed by atoms with Crippen molar-refractivity contribution < 1.29 is 28.6 Å². The highest BCUT2D eigenvalue weighted by Gasteiger charge is 2.19. The van der Waals surface area contributed by atoms with Gasteiger partial charge in [0.15, 0.2) is 6.10 Å². The molecule has 0 aliphatic rings. The third-order valence-electron chi connectivity index (χ3n) is 14.5. The summed E-state index contributed by atoms with van der Waals surface area (Å²) in [6.45, 7) is 6.54. The number of rotatable bonds is 61. The number of unbranched alkanes of at least 4 members (excludes halogenated alkanes) is 34. The van der Waals surface area contributed by atoms with Crippen molar-refractivity contribution in [2.45, 2.75) is 335 Å². The molecule has 0 aromatic heterocycles. The van der Waals surface area contributed by atoms with E-state index in [-0.39, 0.29) is 31.1 Å². The Hall–Kier alpha value is -3.67. The molecule has 0 aromatic rings. The van der Waals surface area contributed by atoms with E-state index in [1.54, 1.807) is 0 Å². The van der Waals surface area contributed by atoms with Crippen molar-refractivity contribution in [2.75, 3.05) is 13.2 Å². The van der Waals surface area contributed by atoms with Gasteiger partial charge in [0.25, 0.3) is 0 Å². The normalized spacial score (nSPS) is 12.7. The maximum atomic E-state index is 12.9. The molecule has 0 aliphatic carbocycles. The van der Waals surface area contributed by atoms with Crippen molar-refractivity contribution in [1.29, 1.82) is 0 Å². The standard InChI is InChI=1S/C73H126O6/c1-4-7-10-13-16-19-22-25-28-30-31-32-33-34-35-36-37-38-39-40-41-43-45-48-51-54-57-60-63-66-72(75)78-69-70(68-77-71(74)65-62-59-56-53-50-47-44-27-24-21-18-15-12-9-6-3)79-73(76)67-64-61-58-55-52-49-46-42-29-26-23-20-17-14-11-8-5-2/h7,10,16,19,25-29,31-32,34-35,37-38,44,70H,4-6,8-9,11-15,17-18,20-24,30,33,36,39-43,45-69H2,1-3H3/b10-7-,19-16-,28-25-,29-26-,32-31-,35-34-,38-37-,44-27-. The second-order valence-electron chi connectivity index (χ2n) is 22.3. The molecule has 6 heteroatoms. The van der Waals surface area contributed by atoms with Crippen LogP contribution >= 0.6 is 0 Å². The molecule has 454 valence electrons. The molecule has 79 heavy (non-hydrogen) atoms. The molecule has 0 saturated carbocycles. The summed E-state index contributed by atoms with van der Waals surface area (Å²) in [6.07, 6.45) is 89.9. The minimum atomic E-state index is -0.786. The number of ether oxygens (including phenoxy) is 3. The van der Waals surface area contributed by atoms with Gasteiger partial charge in [0.2, 0.25) is 0 Å². The van der Waals surface area contributed by atoms with Crippen LogP contribution in [0.5, 0.6) is 0 Å². The fraction of sp³-hybridized carbons (Fsp3) is 0.740. The van der Waals surface area contributed by atoms with E-state index >= 15 is 0 Å². The van der Waals surface area contributed by atoms with Crippen molar-refractivity contribution in [3.8, 4) is 0 Å². The Kier molecular flexibility index (Phi) is 63.7. The third kappa shape index (κ3) is 65.0. The van der Waals surface area contributed by atoms with Crippen LogP contribution in [0.2, 0.25) is 0 Å². The first-order valence-corrected chi connectivity index (χ1v) is 33.7. The van der Waals surface area contributed by atoms with E-state index < -0.39 is 6.10 Å². The molecule has 0 spiro atoms. The van der Waals surface area contributed by atoms with Crippen LogP contribution in [-0.4, -0.2) is 37.2 Å². The molecule has 1 unspecified atom stereocenters. The minimum Gasteiger partial charge on any atom is -0.462 e. The van der Waals surface area contributed by atoms with E-state index in [1.807, 2.05) is 0 Å². The van der Waals surface area contributed by atoms with E-state index in [2.05, 4.69) is 118 Å². The van der Waals surface area contributed by atoms with E-state index in [0.717, 1.165) is 103 Å². The SMILES string of the molecule is CC/C=C\C/C=C\C/C=C\C/C=C\C/C=C\C/C=C\CCCCCCCCCCCCC(=O)OCC(COC(=O)CCCCCCC/C=C\CCCCCCCC)OC(=O)CCCCCCCCC/C=C\CCCCCCCC. The Morgan fingerprint density at radius 2 is 0.494 bits per heavy atom. The lowest BCUT2D eigenvalue weighted by atomic mass is 10.1. The lowest BCUT2D eigenvalue weighted by Gasteiger charge is -2.18. The lowest BCUT2D eigenvalue weighted by Crippen LogP contribution is -2.30. The molecule has 0 bridgehead atoms. The minimum absolute atomic E-state index is 0.0825. The summed E-state index contributed by atoms with van der Waals surface area (Å²) in [7, 11) is 0. The number of carbonyl (C=O) groups excluding carboxylic acids is 3. The van der Waals surface area contributed by atoms with E-state index in [4.69, 9.17) is 14.2 Å². The first-order valence-electron chi connectivity index (χ1n) is 33.7. The van der Waals surface area contributed by atoms with Gasteiger partial charge in [-0.3, -0.25) is 14.4 Å². The van der Waals surface area contributed by atoms with Gasteiger partial charge in [-0.05, 0) is 122 Å². The van der Waals surface area contributed by atoms with E-state index in [0.29, 0.717) is 19.3 Å². The Morgan fingerprint density at radius 1 is 0.266 bits per heavy atom. The van der Waals surface area contributed by atoms with Crippen LogP contribution in [0.4, 0.5) is 0 Å². The third-order valence-corrected chi connectivity index (χ3v) is 14.5. The summed E-state index contributed by atoms with van der Waals surface area (Å²) in [5, 5.41) is 0. The van der Waals surface area contributed by atoms with Crippen LogP contribution in [0.15, 0.2) is 97.2 Å². The number of hydrogen-bond donors (Lipinski definition) is 0. The highest BCUT2D eigenvalue weighted by Crippen LogP contribution is 2.16. The second kappa shape index (κ2) is 66.8. The molecule has 0 saturated heterocycles. The second-order valence-corrected chi connectivity index (χ2v) is 22.3. The van der Waals surface area contributed by atoms with Gasteiger partial charge in [-0.1, -0.05) is 285 Å². The molecule has 0 aliphatic heterocycles. The average Bonchev–Trinajstić information content (AvgIpc) is 3.45. The fourth-order valence-electron chi connectivity index (χ4n) is 9.50. The van der Waals surface area contributed by atoms with Crippen molar-refractivity contribution in [1.82, 2.24) is 0 Å². The molecule has 0 rings (SSSR count). The molecule has 0 aromatic carbocycles. The lowest BCUT2D eigenvalue weighted by molar-refractivity contribution is -0.167. The van der Waals surface area contributed by atoms with Gasteiger partial charge in [0.05, 0.1) is 0 Å². The summed E-state index contributed by atoms with van der Waals surface area (Å²) < 4.78 is 16.9. The number of carbonyl (C=O) groups is 3. The summed E-state index contributed by atoms with van der Waals surface area (Å²) in [5.74, 6) is -0.886. The highest BCUT2D eigenvalue weighted by molar-refractivity contribution is 5.71. The number of allylic oxidation sites excluding steroid dienone is 16. The van der Waals surface area contributed by atoms with Crippen LogP contribution in [0.3, 0.4) is 0 Å². The summed E-state index contributed by atoms with van der Waals surface area (Å²) >= 11 is 0. The van der Waals surface area contributed by atoms with Gasteiger partial charge in [-0.25, -0.2) is 0 Å². The van der Waals surface area contributed by atoms with Gasteiger partial charge in [-0.15, -0.1) is 0 Å². The zero-order valence-electron chi connectivity index (χ0n) is 52.1.